The smallest absolute Gasteiger partial charge is 0.327 e. The van der Waals surface area contributed by atoms with Crippen LogP contribution in [0.3, 0.4) is 0 Å². The number of hydrogen-bond donors (Lipinski definition) is 1. The van der Waals surface area contributed by atoms with Gasteiger partial charge in [-0.2, -0.15) is 0 Å². The summed E-state index contributed by atoms with van der Waals surface area (Å²) in [6.07, 6.45) is 0.584. The van der Waals surface area contributed by atoms with E-state index in [1.807, 2.05) is 6.92 Å². The second kappa shape index (κ2) is 4.24. The monoisotopic (exact) mass is 255 g/mol. The molecule has 2 aliphatic rings. The van der Waals surface area contributed by atoms with Crippen LogP contribution in [-0.4, -0.2) is 76.5 Å². The Labute approximate surface area is 105 Å². The number of likely N-dealkylation sites (tertiary alicyclic amines) is 1. The molecule has 0 bridgehead atoms. The molecule has 0 radical (unpaired) electrons. The van der Waals surface area contributed by atoms with E-state index in [-0.39, 0.29) is 38.0 Å². The number of carbonyl (C=O) groups excluding carboxylic acids is 3. The van der Waals surface area contributed by atoms with E-state index in [1.165, 1.54) is 16.8 Å². The van der Waals surface area contributed by atoms with Gasteiger partial charge in [-0.15, -0.1) is 0 Å². The minimum atomic E-state index is -0.800. The summed E-state index contributed by atoms with van der Waals surface area (Å²) in [5, 5.41) is 9.80. The average Bonchev–Trinajstić information content (AvgIpc) is 2.51. The lowest BCUT2D eigenvalue weighted by atomic mass is 9.91. The largest absolute Gasteiger partial charge is 0.386 e. The predicted octanol–water partition coefficient (Wildman–Crippen LogP) is -1.14. The summed E-state index contributed by atoms with van der Waals surface area (Å²) in [5.74, 6) is -0.660. The second-order valence-corrected chi connectivity index (χ2v) is 4.95. The van der Waals surface area contributed by atoms with Crippen molar-refractivity contribution < 1.29 is 19.5 Å². The van der Waals surface area contributed by atoms with Crippen LogP contribution in [0.2, 0.25) is 0 Å². The van der Waals surface area contributed by atoms with Gasteiger partial charge in [-0.25, -0.2) is 4.79 Å². The van der Waals surface area contributed by atoms with Crippen molar-refractivity contribution in [3.8, 4) is 0 Å². The number of imide groups is 1. The van der Waals surface area contributed by atoms with Crippen LogP contribution >= 0.6 is 0 Å². The van der Waals surface area contributed by atoms with Gasteiger partial charge < -0.3 is 14.9 Å². The van der Waals surface area contributed by atoms with E-state index < -0.39 is 11.6 Å². The van der Waals surface area contributed by atoms with Crippen LogP contribution in [0.25, 0.3) is 0 Å². The van der Waals surface area contributed by atoms with Crippen LogP contribution in [-0.2, 0) is 9.59 Å². The van der Waals surface area contributed by atoms with Crippen molar-refractivity contribution in [2.24, 2.45) is 0 Å². The fourth-order valence-electron chi connectivity index (χ4n) is 2.12. The van der Waals surface area contributed by atoms with E-state index in [1.54, 1.807) is 0 Å². The van der Waals surface area contributed by atoms with Crippen molar-refractivity contribution in [2.75, 3.05) is 33.2 Å². The number of hydrogen-bond acceptors (Lipinski definition) is 4. The quantitative estimate of drug-likeness (QED) is 0.647. The van der Waals surface area contributed by atoms with E-state index in [0.717, 1.165) is 4.90 Å². The number of rotatable bonds is 3. The average molecular weight is 255 g/mol. The molecule has 1 N–H and O–H groups in total. The maximum atomic E-state index is 11.8. The van der Waals surface area contributed by atoms with Crippen molar-refractivity contribution in [1.29, 1.82) is 0 Å². The number of likely N-dealkylation sites (N-methyl/N-ethyl adjacent to an activating group) is 1. The van der Waals surface area contributed by atoms with Gasteiger partial charge in [-0.3, -0.25) is 14.5 Å². The zero-order valence-corrected chi connectivity index (χ0v) is 10.5. The molecule has 0 aromatic rings. The molecule has 18 heavy (non-hydrogen) atoms. The Bertz CT molecular complexity index is 403. The molecule has 0 spiro atoms. The lowest BCUT2D eigenvalue weighted by molar-refractivity contribution is -0.157. The van der Waals surface area contributed by atoms with E-state index in [4.69, 9.17) is 0 Å². The van der Waals surface area contributed by atoms with Crippen molar-refractivity contribution in [3.05, 3.63) is 0 Å². The number of urea groups is 1. The Morgan fingerprint density at radius 3 is 2.44 bits per heavy atom. The Kier molecular flexibility index (Phi) is 3.02. The third kappa shape index (κ3) is 2.05. The van der Waals surface area contributed by atoms with Crippen molar-refractivity contribution in [1.82, 2.24) is 14.7 Å². The highest BCUT2D eigenvalue weighted by Crippen LogP contribution is 2.24. The molecule has 0 atom stereocenters. The molecule has 2 saturated heterocycles. The number of carbonyl (C=O) groups is 3. The molecule has 0 unspecified atom stereocenters. The Hall–Kier alpha value is -1.63. The minimum absolute atomic E-state index is 0.0189. The van der Waals surface area contributed by atoms with Gasteiger partial charge in [0.2, 0.25) is 5.91 Å². The van der Waals surface area contributed by atoms with Gasteiger partial charge >= 0.3 is 6.03 Å². The van der Waals surface area contributed by atoms with Crippen LogP contribution in [0.15, 0.2) is 0 Å². The molecule has 7 nitrogen and oxygen atoms in total. The third-order valence-corrected chi connectivity index (χ3v) is 3.51. The van der Waals surface area contributed by atoms with Gasteiger partial charge in [0.25, 0.3) is 5.91 Å². The predicted molar refractivity (Wildman–Crippen MR) is 61.6 cm³/mol. The normalized spacial score (nSPS) is 22.5. The minimum Gasteiger partial charge on any atom is -0.386 e. The highest BCUT2D eigenvalue weighted by Gasteiger charge is 2.44. The van der Waals surface area contributed by atoms with E-state index in [2.05, 4.69) is 0 Å². The maximum absolute atomic E-state index is 11.8. The molecular formula is C11H17N3O4. The SMILES string of the molecule is CCC1(O)CN(C(=O)CN2C(=O)CN(C)C2=O)C1. The highest BCUT2D eigenvalue weighted by atomic mass is 16.3. The zero-order chi connectivity index (χ0) is 13.5. The molecule has 2 rings (SSSR count). The number of β-amino-alcohol motifs (C(OH)–C–C–N with tert-alkyl or cyclic N) is 1. The van der Waals surface area contributed by atoms with Crippen LogP contribution < -0.4 is 0 Å². The van der Waals surface area contributed by atoms with E-state index in [0.29, 0.717) is 6.42 Å². The molecule has 100 valence electrons. The van der Waals surface area contributed by atoms with Crippen LogP contribution in [0, 0.1) is 0 Å². The fraction of sp³-hybridized carbons (Fsp3) is 0.727. The summed E-state index contributed by atoms with van der Waals surface area (Å²) < 4.78 is 0. The van der Waals surface area contributed by atoms with Crippen molar-refractivity contribution >= 4 is 17.8 Å². The zero-order valence-electron chi connectivity index (χ0n) is 10.5. The number of amides is 4. The molecule has 0 aliphatic carbocycles. The Morgan fingerprint density at radius 2 is 2.00 bits per heavy atom. The first kappa shape index (κ1) is 12.8. The topological polar surface area (TPSA) is 81.2 Å². The van der Waals surface area contributed by atoms with Crippen molar-refractivity contribution in [3.63, 3.8) is 0 Å². The lowest BCUT2D eigenvalue weighted by Crippen LogP contribution is -2.64. The molecule has 2 heterocycles. The van der Waals surface area contributed by atoms with Gasteiger partial charge in [0.1, 0.15) is 13.1 Å². The van der Waals surface area contributed by atoms with Gasteiger partial charge in [0.05, 0.1) is 18.7 Å². The second-order valence-electron chi connectivity index (χ2n) is 4.95. The standard InChI is InChI=1S/C11H17N3O4/c1-3-11(18)6-13(7-11)8(15)5-14-9(16)4-12(2)10(14)17/h18H,3-7H2,1-2H3. The first-order valence-corrected chi connectivity index (χ1v) is 5.92. The molecule has 0 aromatic heterocycles. The molecule has 2 fully saturated rings. The summed E-state index contributed by atoms with van der Waals surface area (Å²) in [5.41, 5.74) is -0.800. The Morgan fingerprint density at radius 1 is 1.39 bits per heavy atom. The molecule has 7 heteroatoms. The fourth-order valence-corrected chi connectivity index (χ4v) is 2.12. The summed E-state index contributed by atoms with van der Waals surface area (Å²) >= 11 is 0. The maximum Gasteiger partial charge on any atom is 0.327 e. The highest BCUT2D eigenvalue weighted by molar-refractivity contribution is 6.04. The van der Waals surface area contributed by atoms with Gasteiger partial charge in [-0.05, 0) is 6.42 Å². The first-order chi connectivity index (χ1) is 8.36. The molecule has 2 aliphatic heterocycles. The lowest BCUT2D eigenvalue weighted by Gasteiger charge is -2.46. The summed E-state index contributed by atoms with van der Waals surface area (Å²) in [6.45, 7) is 2.18. The first-order valence-electron chi connectivity index (χ1n) is 5.92. The van der Waals surface area contributed by atoms with Crippen LogP contribution in [0.5, 0.6) is 0 Å². The number of aliphatic hydroxyl groups is 1. The van der Waals surface area contributed by atoms with Crippen LogP contribution in [0.4, 0.5) is 4.79 Å². The van der Waals surface area contributed by atoms with E-state index >= 15 is 0 Å². The van der Waals surface area contributed by atoms with Crippen LogP contribution in [0.1, 0.15) is 13.3 Å². The molecular weight excluding hydrogens is 238 g/mol. The summed E-state index contributed by atoms with van der Waals surface area (Å²) in [7, 11) is 1.52. The van der Waals surface area contributed by atoms with Gasteiger partial charge in [0.15, 0.2) is 0 Å². The van der Waals surface area contributed by atoms with Gasteiger partial charge in [-0.1, -0.05) is 6.92 Å². The third-order valence-electron chi connectivity index (χ3n) is 3.51. The molecule has 0 saturated carbocycles. The molecule has 0 aromatic carbocycles. The van der Waals surface area contributed by atoms with E-state index in [9.17, 15) is 19.5 Å². The Balaban J connectivity index is 1.90. The summed E-state index contributed by atoms with van der Waals surface area (Å²) in [6, 6.07) is -0.445. The van der Waals surface area contributed by atoms with Crippen molar-refractivity contribution in [2.45, 2.75) is 18.9 Å². The number of nitrogens with zero attached hydrogens (tertiary/aromatic N) is 3. The molecule has 4 amide bonds. The van der Waals surface area contributed by atoms with Gasteiger partial charge in [0, 0.05) is 7.05 Å². The summed E-state index contributed by atoms with van der Waals surface area (Å²) in [4.78, 5) is 38.6.